The van der Waals surface area contributed by atoms with E-state index in [0.717, 1.165) is 30.8 Å². The summed E-state index contributed by atoms with van der Waals surface area (Å²) in [4.78, 5) is 15.5. The standard InChI is InChI=1S/C17H26N2O3S2/c1-12(2)13(3)18-24(21,22)14-7-8-16(23-4)15(11-14)17(20)19-9-5-6-10-19/h7-8,11-13,18H,5-6,9-10H2,1-4H3/t13-/m1/s1. The quantitative estimate of drug-likeness (QED) is 0.782. The summed E-state index contributed by atoms with van der Waals surface area (Å²) in [5.74, 6) is 0.113. The molecule has 1 aliphatic rings. The Morgan fingerprint density at radius 1 is 1.21 bits per heavy atom. The second-order valence-corrected chi connectivity index (χ2v) is 9.08. The molecule has 0 aromatic heterocycles. The third-order valence-electron chi connectivity index (χ3n) is 4.45. The smallest absolute Gasteiger partial charge is 0.255 e. The Labute approximate surface area is 149 Å². The van der Waals surface area contributed by atoms with Crippen molar-refractivity contribution >= 4 is 27.7 Å². The van der Waals surface area contributed by atoms with Crippen molar-refractivity contribution in [3.63, 3.8) is 0 Å². The highest BCUT2D eigenvalue weighted by Gasteiger charge is 2.25. The molecule has 1 N–H and O–H groups in total. The van der Waals surface area contributed by atoms with E-state index >= 15 is 0 Å². The molecule has 134 valence electrons. The molecular weight excluding hydrogens is 344 g/mol. The van der Waals surface area contributed by atoms with E-state index in [2.05, 4.69) is 4.72 Å². The van der Waals surface area contributed by atoms with Crippen LogP contribution in [-0.4, -0.2) is 44.6 Å². The highest BCUT2D eigenvalue weighted by molar-refractivity contribution is 7.98. The van der Waals surface area contributed by atoms with Gasteiger partial charge < -0.3 is 4.90 Å². The molecule has 0 radical (unpaired) electrons. The minimum absolute atomic E-state index is 0.0780. The zero-order chi connectivity index (χ0) is 17.9. The van der Waals surface area contributed by atoms with Gasteiger partial charge in [-0.2, -0.15) is 0 Å². The Morgan fingerprint density at radius 3 is 2.38 bits per heavy atom. The highest BCUT2D eigenvalue weighted by atomic mass is 32.2. The molecule has 5 nitrogen and oxygen atoms in total. The van der Waals surface area contributed by atoms with Gasteiger partial charge in [0.05, 0.1) is 10.5 Å². The van der Waals surface area contributed by atoms with Crippen molar-refractivity contribution in [2.45, 2.75) is 49.4 Å². The third kappa shape index (κ3) is 4.32. The van der Waals surface area contributed by atoms with Crippen molar-refractivity contribution < 1.29 is 13.2 Å². The summed E-state index contributed by atoms with van der Waals surface area (Å²) in [5.41, 5.74) is 0.476. The molecule has 24 heavy (non-hydrogen) atoms. The number of thioether (sulfide) groups is 1. The molecule has 0 spiro atoms. The van der Waals surface area contributed by atoms with Crippen LogP contribution in [0.1, 0.15) is 44.0 Å². The van der Waals surface area contributed by atoms with Gasteiger partial charge in [-0.1, -0.05) is 13.8 Å². The highest BCUT2D eigenvalue weighted by Crippen LogP contribution is 2.26. The number of hydrogen-bond acceptors (Lipinski definition) is 4. The molecule has 1 heterocycles. The maximum absolute atomic E-state index is 12.7. The van der Waals surface area contributed by atoms with Gasteiger partial charge in [0.2, 0.25) is 10.0 Å². The van der Waals surface area contributed by atoms with Gasteiger partial charge in [0, 0.05) is 24.0 Å². The van der Waals surface area contributed by atoms with Gasteiger partial charge in [-0.25, -0.2) is 13.1 Å². The van der Waals surface area contributed by atoms with Crippen molar-refractivity contribution in [2.24, 2.45) is 5.92 Å². The first-order valence-electron chi connectivity index (χ1n) is 8.26. The number of amides is 1. The van der Waals surface area contributed by atoms with Crippen LogP contribution in [0.5, 0.6) is 0 Å². The topological polar surface area (TPSA) is 66.5 Å². The number of sulfonamides is 1. The molecule has 0 bridgehead atoms. The lowest BCUT2D eigenvalue weighted by Crippen LogP contribution is -2.36. The van der Waals surface area contributed by atoms with Gasteiger partial charge >= 0.3 is 0 Å². The van der Waals surface area contributed by atoms with Gasteiger partial charge in [0.1, 0.15) is 0 Å². The lowest BCUT2D eigenvalue weighted by Gasteiger charge is -2.20. The molecule has 1 aliphatic heterocycles. The number of carbonyl (C=O) groups is 1. The van der Waals surface area contributed by atoms with Gasteiger partial charge in [-0.3, -0.25) is 4.79 Å². The summed E-state index contributed by atoms with van der Waals surface area (Å²) >= 11 is 1.46. The number of likely N-dealkylation sites (tertiary alicyclic amines) is 1. The van der Waals surface area contributed by atoms with E-state index in [-0.39, 0.29) is 22.8 Å². The van der Waals surface area contributed by atoms with Crippen molar-refractivity contribution in [2.75, 3.05) is 19.3 Å². The Morgan fingerprint density at radius 2 is 1.83 bits per heavy atom. The monoisotopic (exact) mass is 370 g/mol. The van der Waals surface area contributed by atoms with Crippen molar-refractivity contribution in [1.29, 1.82) is 0 Å². The van der Waals surface area contributed by atoms with Crippen LogP contribution in [-0.2, 0) is 10.0 Å². The molecule has 1 saturated heterocycles. The SMILES string of the molecule is CSc1ccc(S(=O)(=O)N[C@H](C)C(C)C)cc1C(=O)N1CCCC1. The molecule has 0 saturated carbocycles. The van der Waals surface area contributed by atoms with Crippen LogP contribution < -0.4 is 4.72 Å². The molecule has 1 aromatic rings. The summed E-state index contributed by atoms with van der Waals surface area (Å²) in [6.45, 7) is 7.26. The number of rotatable bonds is 6. The predicted octanol–water partition coefficient (Wildman–Crippen LogP) is 2.97. The molecule has 7 heteroatoms. The van der Waals surface area contributed by atoms with E-state index in [1.165, 1.54) is 17.8 Å². The average molecular weight is 371 g/mol. The normalized spacial score (nSPS) is 16.6. The van der Waals surface area contributed by atoms with E-state index in [1.54, 1.807) is 17.0 Å². The molecule has 0 aliphatic carbocycles. The van der Waals surface area contributed by atoms with E-state index in [9.17, 15) is 13.2 Å². The number of nitrogens with zero attached hydrogens (tertiary/aromatic N) is 1. The van der Waals surface area contributed by atoms with E-state index in [4.69, 9.17) is 0 Å². The minimum Gasteiger partial charge on any atom is -0.339 e. The first-order valence-corrected chi connectivity index (χ1v) is 11.0. The molecule has 0 unspecified atom stereocenters. The molecule has 2 rings (SSSR count). The lowest BCUT2D eigenvalue weighted by molar-refractivity contribution is 0.0789. The minimum atomic E-state index is -3.64. The summed E-state index contributed by atoms with van der Waals surface area (Å²) in [5, 5.41) is 0. The second-order valence-electron chi connectivity index (χ2n) is 6.52. The van der Waals surface area contributed by atoms with Crippen molar-refractivity contribution in [1.82, 2.24) is 9.62 Å². The number of hydrogen-bond donors (Lipinski definition) is 1. The molecule has 1 amide bonds. The zero-order valence-electron chi connectivity index (χ0n) is 14.7. The Hall–Kier alpha value is -1.05. The molecule has 1 fully saturated rings. The first-order chi connectivity index (χ1) is 11.3. The Bertz CT molecular complexity index is 696. The van der Waals surface area contributed by atoms with Gasteiger partial charge in [-0.15, -0.1) is 11.8 Å². The summed E-state index contributed by atoms with van der Waals surface area (Å²) in [6, 6.07) is 4.64. The Kier molecular flexibility index (Phi) is 6.33. The maximum atomic E-state index is 12.7. The van der Waals surface area contributed by atoms with Crippen LogP contribution >= 0.6 is 11.8 Å². The van der Waals surface area contributed by atoms with Crippen molar-refractivity contribution in [3.05, 3.63) is 23.8 Å². The van der Waals surface area contributed by atoms with Crippen LogP contribution in [0.25, 0.3) is 0 Å². The fraction of sp³-hybridized carbons (Fsp3) is 0.588. The van der Waals surface area contributed by atoms with E-state index < -0.39 is 10.0 Å². The maximum Gasteiger partial charge on any atom is 0.255 e. The number of nitrogens with one attached hydrogen (secondary N) is 1. The van der Waals surface area contributed by atoms with Crippen LogP contribution in [0, 0.1) is 5.92 Å². The van der Waals surface area contributed by atoms with Gasteiger partial charge in [-0.05, 0) is 50.1 Å². The largest absolute Gasteiger partial charge is 0.339 e. The second kappa shape index (κ2) is 7.89. The van der Waals surface area contributed by atoms with Crippen LogP contribution in [0.2, 0.25) is 0 Å². The molecule has 1 aromatic carbocycles. The van der Waals surface area contributed by atoms with Crippen LogP contribution in [0.15, 0.2) is 28.0 Å². The van der Waals surface area contributed by atoms with E-state index in [0.29, 0.717) is 5.56 Å². The summed E-state index contributed by atoms with van der Waals surface area (Å²) < 4.78 is 27.9. The van der Waals surface area contributed by atoms with Gasteiger partial charge in [0.15, 0.2) is 0 Å². The van der Waals surface area contributed by atoms with Crippen LogP contribution in [0.3, 0.4) is 0 Å². The zero-order valence-corrected chi connectivity index (χ0v) is 16.3. The third-order valence-corrected chi connectivity index (χ3v) is 6.80. The summed E-state index contributed by atoms with van der Waals surface area (Å²) in [6.07, 6.45) is 3.90. The number of carbonyl (C=O) groups excluding carboxylic acids is 1. The average Bonchev–Trinajstić information content (AvgIpc) is 3.07. The van der Waals surface area contributed by atoms with Crippen LogP contribution in [0.4, 0.5) is 0 Å². The fourth-order valence-electron chi connectivity index (χ4n) is 2.56. The van der Waals surface area contributed by atoms with E-state index in [1.807, 2.05) is 27.0 Å². The van der Waals surface area contributed by atoms with Gasteiger partial charge in [0.25, 0.3) is 5.91 Å². The fourth-order valence-corrected chi connectivity index (χ4v) is 4.55. The lowest BCUT2D eigenvalue weighted by atomic mass is 10.1. The van der Waals surface area contributed by atoms with Crippen molar-refractivity contribution in [3.8, 4) is 0 Å². The predicted molar refractivity (Wildman–Crippen MR) is 98.0 cm³/mol. The molecule has 1 atom stereocenters. The Balaban J connectivity index is 2.35. The number of benzene rings is 1. The first kappa shape index (κ1) is 19.3. The molecular formula is C17H26N2O3S2. The summed E-state index contributed by atoms with van der Waals surface area (Å²) in [7, 11) is -3.64.